The maximum atomic E-state index is 10.6. The first kappa shape index (κ1) is 11.3. The molecule has 2 aliphatic heterocycles. The highest BCUT2D eigenvalue weighted by Gasteiger charge is 2.42. The number of rotatable bonds is 2. The molecule has 2 saturated heterocycles. The molecule has 7 nitrogen and oxygen atoms in total. The monoisotopic (exact) mass is 249 g/mol. The smallest absolute Gasteiger partial charge is 0.305 e. The minimum atomic E-state index is -0.476. The van der Waals surface area contributed by atoms with Gasteiger partial charge in [-0.1, -0.05) is 0 Å². The number of aromatic nitrogens is 2. The number of nitro groups is 1. The normalized spacial score (nSPS) is 30.5. The molecule has 3 heterocycles. The Labute approximate surface area is 104 Å². The molecule has 1 aromatic rings. The lowest BCUT2D eigenvalue weighted by atomic mass is 9.95. The Morgan fingerprint density at radius 1 is 1.44 bits per heavy atom. The summed E-state index contributed by atoms with van der Waals surface area (Å²) in [7, 11) is 0. The van der Waals surface area contributed by atoms with Crippen LogP contribution in [0.15, 0.2) is 12.4 Å². The van der Waals surface area contributed by atoms with Gasteiger partial charge in [0.15, 0.2) is 0 Å². The highest BCUT2D eigenvalue weighted by molar-refractivity contribution is 5.37. The van der Waals surface area contributed by atoms with E-state index in [1.165, 1.54) is 12.4 Å². The number of fused-ring (bicyclic) bond motifs is 1. The number of nitrogens with one attached hydrogen (secondary N) is 1. The van der Waals surface area contributed by atoms with Gasteiger partial charge in [0.05, 0.1) is 4.92 Å². The number of hydrogen-bond donors (Lipinski definition) is 1. The SMILES string of the molecule is CC1C2CNCC2CN1c1ncc([N+](=O)[O-])cn1. The van der Waals surface area contributed by atoms with E-state index in [-0.39, 0.29) is 5.69 Å². The van der Waals surface area contributed by atoms with Crippen molar-refractivity contribution in [2.24, 2.45) is 11.8 Å². The summed E-state index contributed by atoms with van der Waals surface area (Å²) >= 11 is 0. The van der Waals surface area contributed by atoms with E-state index in [0.717, 1.165) is 19.6 Å². The van der Waals surface area contributed by atoms with Crippen LogP contribution >= 0.6 is 0 Å². The van der Waals surface area contributed by atoms with Gasteiger partial charge in [0, 0.05) is 25.7 Å². The third-order valence-electron chi connectivity index (χ3n) is 4.03. The van der Waals surface area contributed by atoms with Crippen molar-refractivity contribution in [3.05, 3.63) is 22.5 Å². The zero-order valence-corrected chi connectivity index (χ0v) is 10.1. The van der Waals surface area contributed by atoms with E-state index in [1.54, 1.807) is 0 Å². The van der Waals surface area contributed by atoms with E-state index in [9.17, 15) is 10.1 Å². The lowest BCUT2D eigenvalue weighted by molar-refractivity contribution is -0.385. The molecule has 3 rings (SSSR count). The van der Waals surface area contributed by atoms with Gasteiger partial charge in [0.25, 0.3) is 0 Å². The molecular formula is C11H15N5O2. The van der Waals surface area contributed by atoms with Crippen molar-refractivity contribution in [2.45, 2.75) is 13.0 Å². The van der Waals surface area contributed by atoms with Crippen LogP contribution in [0, 0.1) is 22.0 Å². The summed E-state index contributed by atoms with van der Waals surface area (Å²) in [5.74, 6) is 1.87. The van der Waals surface area contributed by atoms with Crippen molar-refractivity contribution in [3.63, 3.8) is 0 Å². The molecule has 0 radical (unpaired) electrons. The van der Waals surface area contributed by atoms with Gasteiger partial charge in [0.2, 0.25) is 5.95 Å². The summed E-state index contributed by atoms with van der Waals surface area (Å²) in [6, 6.07) is 0.381. The van der Waals surface area contributed by atoms with E-state index in [1.807, 2.05) is 0 Å². The Morgan fingerprint density at radius 3 is 2.78 bits per heavy atom. The Bertz CT molecular complexity index is 463. The average Bonchev–Trinajstić information content (AvgIpc) is 2.93. The van der Waals surface area contributed by atoms with E-state index in [4.69, 9.17) is 0 Å². The summed E-state index contributed by atoms with van der Waals surface area (Å²) in [4.78, 5) is 20.5. The van der Waals surface area contributed by atoms with Crippen LogP contribution in [0.2, 0.25) is 0 Å². The van der Waals surface area contributed by atoms with Crippen molar-refractivity contribution in [3.8, 4) is 0 Å². The molecular weight excluding hydrogens is 234 g/mol. The molecule has 0 aromatic carbocycles. The Balaban J connectivity index is 1.81. The van der Waals surface area contributed by atoms with Crippen LogP contribution in [-0.2, 0) is 0 Å². The zero-order chi connectivity index (χ0) is 12.7. The topological polar surface area (TPSA) is 84.2 Å². The van der Waals surface area contributed by atoms with E-state index in [2.05, 4.69) is 27.1 Å². The summed E-state index contributed by atoms with van der Waals surface area (Å²) in [6.45, 7) is 5.17. The van der Waals surface area contributed by atoms with Crippen LogP contribution < -0.4 is 10.2 Å². The van der Waals surface area contributed by atoms with Gasteiger partial charge >= 0.3 is 5.69 Å². The van der Waals surface area contributed by atoms with Gasteiger partial charge in [0.1, 0.15) is 12.4 Å². The van der Waals surface area contributed by atoms with Crippen molar-refractivity contribution < 1.29 is 4.92 Å². The molecule has 3 atom stereocenters. The number of anilines is 1. The summed E-state index contributed by atoms with van der Waals surface area (Å²) in [6.07, 6.45) is 2.56. The fraction of sp³-hybridized carbons (Fsp3) is 0.636. The summed E-state index contributed by atoms with van der Waals surface area (Å²) < 4.78 is 0. The Morgan fingerprint density at radius 2 is 2.17 bits per heavy atom. The quantitative estimate of drug-likeness (QED) is 0.604. The third kappa shape index (κ3) is 1.71. The van der Waals surface area contributed by atoms with Crippen LogP contribution in [-0.4, -0.2) is 40.6 Å². The van der Waals surface area contributed by atoms with Gasteiger partial charge in [-0.15, -0.1) is 0 Å². The molecule has 1 aromatic heterocycles. The first-order valence-corrected chi connectivity index (χ1v) is 6.10. The predicted molar refractivity (Wildman–Crippen MR) is 65.3 cm³/mol. The maximum absolute atomic E-state index is 10.6. The Hall–Kier alpha value is -1.76. The number of nitrogens with zero attached hydrogens (tertiary/aromatic N) is 4. The van der Waals surface area contributed by atoms with Crippen LogP contribution in [0.25, 0.3) is 0 Å². The average molecular weight is 249 g/mol. The van der Waals surface area contributed by atoms with Crippen LogP contribution in [0.1, 0.15) is 6.92 Å². The number of hydrogen-bond acceptors (Lipinski definition) is 6. The van der Waals surface area contributed by atoms with Crippen molar-refractivity contribution in [1.82, 2.24) is 15.3 Å². The molecule has 0 spiro atoms. The minimum Gasteiger partial charge on any atom is -0.337 e. The second kappa shape index (κ2) is 4.16. The molecule has 0 amide bonds. The van der Waals surface area contributed by atoms with Crippen molar-refractivity contribution in [2.75, 3.05) is 24.5 Å². The molecule has 0 saturated carbocycles. The molecule has 1 N–H and O–H groups in total. The maximum Gasteiger partial charge on any atom is 0.305 e. The van der Waals surface area contributed by atoms with Crippen LogP contribution in [0.5, 0.6) is 0 Å². The molecule has 2 fully saturated rings. The largest absolute Gasteiger partial charge is 0.337 e. The fourth-order valence-electron chi connectivity index (χ4n) is 2.99. The van der Waals surface area contributed by atoms with Crippen molar-refractivity contribution in [1.29, 1.82) is 0 Å². The highest BCUT2D eigenvalue weighted by atomic mass is 16.6. The molecule has 2 aliphatic rings. The molecule has 18 heavy (non-hydrogen) atoms. The zero-order valence-electron chi connectivity index (χ0n) is 10.1. The fourth-order valence-corrected chi connectivity index (χ4v) is 2.99. The second-order valence-electron chi connectivity index (χ2n) is 4.97. The van der Waals surface area contributed by atoms with Crippen molar-refractivity contribution >= 4 is 11.6 Å². The first-order valence-electron chi connectivity index (χ1n) is 6.10. The molecule has 7 heteroatoms. The molecule has 0 aliphatic carbocycles. The van der Waals surface area contributed by atoms with Gasteiger partial charge in [-0.3, -0.25) is 10.1 Å². The predicted octanol–water partition coefficient (Wildman–Crippen LogP) is 0.429. The van der Waals surface area contributed by atoms with Gasteiger partial charge in [-0.25, -0.2) is 9.97 Å². The highest BCUT2D eigenvalue weighted by Crippen LogP contribution is 2.34. The van der Waals surface area contributed by atoms with E-state index >= 15 is 0 Å². The van der Waals surface area contributed by atoms with Crippen LogP contribution in [0.4, 0.5) is 11.6 Å². The molecule has 0 bridgehead atoms. The summed E-state index contributed by atoms with van der Waals surface area (Å²) in [5, 5.41) is 14.0. The minimum absolute atomic E-state index is 0.0625. The van der Waals surface area contributed by atoms with Gasteiger partial charge in [-0.2, -0.15) is 0 Å². The van der Waals surface area contributed by atoms with Gasteiger partial charge < -0.3 is 10.2 Å². The van der Waals surface area contributed by atoms with Gasteiger partial charge in [-0.05, 0) is 18.8 Å². The summed E-state index contributed by atoms with van der Waals surface area (Å²) in [5.41, 5.74) is -0.0625. The second-order valence-corrected chi connectivity index (χ2v) is 4.97. The molecule has 96 valence electrons. The lowest BCUT2D eigenvalue weighted by Crippen LogP contribution is -2.34. The standard InChI is InChI=1S/C11H15N5O2/c1-7-10-5-12-2-8(10)6-15(7)11-13-3-9(4-14-11)16(17)18/h3-4,7-8,10,12H,2,5-6H2,1H3. The van der Waals surface area contributed by atoms with E-state index < -0.39 is 4.92 Å². The lowest BCUT2D eigenvalue weighted by Gasteiger charge is -2.23. The first-order chi connectivity index (χ1) is 8.66. The van der Waals surface area contributed by atoms with Crippen LogP contribution in [0.3, 0.4) is 0 Å². The molecule has 3 unspecified atom stereocenters. The van der Waals surface area contributed by atoms with E-state index in [0.29, 0.717) is 23.8 Å². The third-order valence-corrected chi connectivity index (χ3v) is 4.03. The Kier molecular flexibility index (Phi) is 2.62.